The van der Waals surface area contributed by atoms with Crippen LogP contribution in [0, 0.1) is 11.8 Å². The molecule has 2 aliphatic heterocycles. The molecule has 2 saturated heterocycles. The fourth-order valence-corrected chi connectivity index (χ4v) is 4.75. The zero-order valence-corrected chi connectivity index (χ0v) is 16.4. The lowest BCUT2D eigenvalue weighted by Gasteiger charge is -2.35. The van der Waals surface area contributed by atoms with E-state index in [4.69, 9.17) is 4.74 Å². The third kappa shape index (κ3) is 5.08. The normalized spacial score (nSPS) is 23.6. The number of piperidine rings is 1. The second-order valence-corrected chi connectivity index (χ2v) is 8.48. The van der Waals surface area contributed by atoms with Crippen LogP contribution in [0.25, 0.3) is 0 Å². The van der Waals surface area contributed by atoms with Gasteiger partial charge in [0, 0.05) is 39.3 Å². The van der Waals surface area contributed by atoms with Crippen molar-refractivity contribution in [2.45, 2.75) is 51.5 Å². The number of rotatable bonds is 5. The smallest absolute Gasteiger partial charge is 0.276 e. The van der Waals surface area contributed by atoms with Crippen molar-refractivity contribution in [3.8, 4) is 0 Å². The standard InChI is InChI=1S/C20H33N5O2/c26-20(19-16-25(22-21-19)15-17-4-2-1-3-5-17)24-8-6-18(7-9-24)14-23-10-12-27-13-11-23/h16-18H,1-15H2. The highest BCUT2D eigenvalue weighted by Gasteiger charge is 2.27. The Morgan fingerprint density at radius 2 is 1.67 bits per heavy atom. The number of carbonyl (C=O) groups excluding carboxylic acids is 1. The molecule has 3 aliphatic rings. The average Bonchev–Trinajstić information content (AvgIpc) is 3.18. The van der Waals surface area contributed by atoms with Crippen molar-refractivity contribution in [2.75, 3.05) is 45.9 Å². The van der Waals surface area contributed by atoms with E-state index in [1.165, 1.54) is 32.1 Å². The van der Waals surface area contributed by atoms with Crippen molar-refractivity contribution >= 4 is 5.91 Å². The molecule has 0 aromatic carbocycles. The fourth-order valence-electron chi connectivity index (χ4n) is 4.75. The molecule has 27 heavy (non-hydrogen) atoms. The maximum absolute atomic E-state index is 12.8. The van der Waals surface area contributed by atoms with Gasteiger partial charge in [-0.1, -0.05) is 24.5 Å². The van der Waals surface area contributed by atoms with Crippen LogP contribution in [0.5, 0.6) is 0 Å². The molecule has 1 aromatic heterocycles. The van der Waals surface area contributed by atoms with Crippen LogP contribution in [-0.4, -0.2) is 76.6 Å². The number of nitrogens with zero attached hydrogens (tertiary/aromatic N) is 5. The maximum Gasteiger partial charge on any atom is 0.276 e. The minimum absolute atomic E-state index is 0.0507. The molecule has 4 rings (SSSR count). The molecule has 0 unspecified atom stereocenters. The number of amides is 1. The second-order valence-electron chi connectivity index (χ2n) is 8.48. The van der Waals surface area contributed by atoms with Crippen molar-refractivity contribution in [1.82, 2.24) is 24.8 Å². The van der Waals surface area contributed by atoms with E-state index in [9.17, 15) is 4.79 Å². The molecule has 0 bridgehead atoms. The van der Waals surface area contributed by atoms with Gasteiger partial charge in [-0.25, -0.2) is 0 Å². The van der Waals surface area contributed by atoms with Gasteiger partial charge in [-0.3, -0.25) is 14.4 Å². The summed E-state index contributed by atoms with van der Waals surface area (Å²) < 4.78 is 7.31. The SMILES string of the molecule is O=C(c1cn(CC2CCCCC2)nn1)N1CCC(CN2CCOCC2)CC1. The molecule has 150 valence electrons. The van der Waals surface area contributed by atoms with Gasteiger partial charge < -0.3 is 9.64 Å². The Morgan fingerprint density at radius 3 is 2.41 bits per heavy atom. The zero-order chi connectivity index (χ0) is 18.5. The van der Waals surface area contributed by atoms with E-state index in [0.717, 1.165) is 65.3 Å². The molecular weight excluding hydrogens is 342 g/mol. The summed E-state index contributed by atoms with van der Waals surface area (Å²) in [4.78, 5) is 17.3. The summed E-state index contributed by atoms with van der Waals surface area (Å²) in [6.45, 7) is 7.52. The van der Waals surface area contributed by atoms with E-state index >= 15 is 0 Å². The highest BCUT2D eigenvalue weighted by Crippen LogP contribution is 2.25. The van der Waals surface area contributed by atoms with E-state index < -0.39 is 0 Å². The Kier molecular flexibility index (Phi) is 6.39. The number of hydrogen-bond acceptors (Lipinski definition) is 5. The van der Waals surface area contributed by atoms with Gasteiger partial charge in [0.05, 0.1) is 19.4 Å². The number of hydrogen-bond donors (Lipinski definition) is 0. The highest BCUT2D eigenvalue weighted by molar-refractivity contribution is 5.91. The minimum atomic E-state index is 0.0507. The van der Waals surface area contributed by atoms with Crippen molar-refractivity contribution < 1.29 is 9.53 Å². The summed E-state index contributed by atoms with van der Waals surface area (Å²) >= 11 is 0. The zero-order valence-electron chi connectivity index (χ0n) is 16.4. The van der Waals surface area contributed by atoms with Gasteiger partial charge in [0.1, 0.15) is 0 Å². The predicted molar refractivity (Wildman–Crippen MR) is 102 cm³/mol. The molecular formula is C20H33N5O2. The molecule has 0 N–H and O–H groups in total. The van der Waals surface area contributed by atoms with Gasteiger partial charge in [0.25, 0.3) is 5.91 Å². The largest absolute Gasteiger partial charge is 0.379 e. The second kappa shape index (κ2) is 9.15. The molecule has 1 saturated carbocycles. The summed E-state index contributed by atoms with van der Waals surface area (Å²) in [5.41, 5.74) is 0.512. The Morgan fingerprint density at radius 1 is 0.963 bits per heavy atom. The molecule has 1 aliphatic carbocycles. The van der Waals surface area contributed by atoms with Gasteiger partial charge in [-0.2, -0.15) is 0 Å². The first-order valence-electron chi connectivity index (χ1n) is 10.8. The molecule has 1 aromatic rings. The first-order valence-corrected chi connectivity index (χ1v) is 10.8. The van der Waals surface area contributed by atoms with Gasteiger partial charge in [0.15, 0.2) is 5.69 Å². The van der Waals surface area contributed by atoms with Crippen LogP contribution in [0.4, 0.5) is 0 Å². The highest BCUT2D eigenvalue weighted by atomic mass is 16.5. The fraction of sp³-hybridized carbons (Fsp3) is 0.850. The first-order chi connectivity index (χ1) is 13.3. The molecule has 7 heteroatoms. The monoisotopic (exact) mass is 375 g/mol. The van der Waals surface area contributed by atoms with Gasteiger partial charge in [0.2, 0.25) is 0 Å². The van der Waals surface area contributed by atoms with Gasteiger partial charge >= 0.3 is 0 Å². The Bertz CT molecular complexity index is 599. The van der Waals surface area contributed by atoms with E-state index in [2.05, 4.69) is 15.2 Å². The topological polar surface area (TPSA) is 63.5 Å². The summed E-state index contributed by atoms with van der Waals surface area (Å²) in [7, 11) is 0. The first kappa shape index (κ1) is 18.9. The summed E-state index contributed by atoms with van der Waals surface area (Å²) in [5.74, 6) is 1.43. The maximum atomic E-state index is 12.8. The van der Waals surface area contributed by atoms with Crippen molar-refractivity contribution in [2.24, 2.45) is 11.8 Å². The molecule has 7 nitrogen and oxygen atoms in total. The molecule has 0 spiro atoms. The van der Waals surface area contributed by atoms with Crippen LogP contribution in [0.3, 0.4) is 0 Å². The van der Waals surface area contributed by atoms with Crippen LogP contribution in [0.15, 0.2) is 6.20 Å². The van der Waals surface area contributed by atoms with Gasteiger partial charge in [-0.15, -0.1) is 5.10 Å². The van der Waals surface area contributed by atoms with Crippen molar-refractivity contribution in [3.05, 3.63) is 11.9 Å². The summed E-state index contributed by atoms with van der Waals surface area (Å²) in [5, 5.41) is 8.39. The number of ether oxygens (including phenoxy) is 1. The minimum Gasteiger partial charge on any atom is -0.379 e. The van der Waals surface area contributed by atoms with Crippen LogP contribution in [0.1, 0.15) is 55.4 Å². The summed E-state index contributed by atoms with van der Waals surface area (Å²) in [6.07, 6.45) is 10.6. The van der Waals surface area contributed by atoms with Crippen molar-refractivity contribution in [1.29, 1.82) is 0 Å². The lowest BCUT2D eigenvalue weighted by molar-refractivity contribution is 0.0242. The molecule has 0 atom stereocenters. The Balaban J connectivity index is 1.24. The lowest BCUT2D eigenvalue weighted by atomic mass is 9.89. The van der Waals surface area contributed by atoms with Crippen molar-refractivity contribution in [3.63, 3.8) is 0 Å². The van der Waals surface area contributed by atoms with E-state index in [-0.39, 0.29) is 5.91 Å². The average molecular weight is 376 g/mol. The van der Waals surface area contributed by atoms with E-state index in [0.29, 0.717) is 17.5 Å². The quantitative estimate of drug-likeness (QED) is 0.788. The van der Waals surface area contributed by atoms with Crippen LogP contribution >= 0.6 is 0 Å². The molecule has 0 radical (unpaired) electrons. The molecule has 3 heterocycles. The Hall–Kier alpha value is -1.47. The number of carbonyl (C=O) groups is 1. The molecule has 3 fully saturated rings. The third-order valence-electron chi connectivity index (χ3n) is 6.45. The number of likely N-dealkylation sites (tertiary alicyclic amines) is 1. The Labute approximate surface area is 162 Å². The van der Waals surface area contributed by atoms with E-state index in [1.807, 2.05) is 15.8 Å². The van der Waals surface area contributed by atoms with Crippen LogP contribution in [-0.2, 0) is 11.3 Å². The number of aromatic nitrogens is 3. The lowest BCUT2D eigenvalue weighted by Crippen LogP contribution is -2.44. The van der Waals surface area contributed by atoms with Crippen LogP contribution in [0.2, 0.25) is 0 Å². The van der Waals surface area contributed by atoms with Gasteiger partial charge in [-0.05, 0) is 37.5 Å². The van der Waals surface area contributed by atoms with Crippen LogP contribution < -0.4 is 0 Å². The predicted octanol–water partition coefficient (Wildman–Crippen LogP) is 2.04. The summed E-state index contributed by atoms with van der Waals surface area (Å²) in [6, 6.07) is 0. The number of morpholine rings is 1. The molecule has 1 amide bonds. The third-order valence-corrected chi connectivity index (χ3v) is 6.45. The van der Waals surface area contributed by atoms with E-state index in [1.54, 1.807) is 0 Å².